The van der Waals surface area contributed by atoms with Crippen LogP contribution in [0.5, 0.6) is 0 Å². The number of hydroxylamine groups is 2. The molecule has 1 unspecified atom stereocenters. The predicted octanol–water partition coefficient (Wildman–Crippen LogP) is 2.70. The molecule has 1 saturated carbocycles. The van der Waals surface area contributed by atoms with E-state index >= 15 is 0 Å². The van der Waals surface area contributed by atoms with Crippen molar-refractivity contribution in [3.05, 3.63) is 35.9 Å². The third-order valence-electron chi connectivity index (χ3n) is 6.52. The molecule has 1 N–H and O–H groups in total. The van der Waals surface area contributed by atoms with Gasteiger partial charge in [0.2, 0.25) is 5.91 Å². The molecule has 0 aromatic heterocycles. The van der Waals surface area contributed by atoms with E-state index < -0.39 is 11.5 Å². The van der Waals surface area contributed by atoms with E-state index in [1.165, 1.54) is 17.9 Å². The highest BCUT2D eigenvalue weighted by Gasteiger charge is 2.50. The lowest BCUT2D eigenvalue weighted by atomic mass is 9.74. The molecule has 25 heavy (non-hydrogen) atoms. The van der Waals surface area contributed by atoms with E-state index in [9.17, 15) is 15.3 Å². The molecule has 1 spiro atoms. The van der Waals surface area contributed by atoms with Gasteiger partial charge < -0.3 is 10.1 Å². The molecule has 1 aliphatic carbocycles. The summed E-state index contributed by atoms with van der Waals surface area (Å²) in [7, 11) is 0. The number of piperidine rings is 2. The Labute approximate surface area is 148 Å². The summed E-state index contributed by atoms with van der Waals surface area (Å²) in [6.45, 7) is 1.79. The summed E-state index contributed by atoms with van der Waals surface area (Å²) in [5.41, 5.74) is 0.833. The van der Waals surface area contributed by atoms with Crippen molar-refractivity contribution in [3.8, 4) is 6.07 Å². The van der Waals surface area contributed by atoms with Gasteiger partial charge in [-0.15, -0.1) is 0 Å². The number of hydrogen-bond donors (Lipinski definition) is 1. The fraction of sp³-hybridized carbons (Fsp3) is 0.600. The van der Waals surface area contributed by atoms with Gasteiger partial charge in [-0.25, -0.2) is 0 Å². The Kier molecular flexibility index (Phi) is 4.05. The summed E-state index contributed by atoms with van der Waals surface area (Å²) in [6, 6.07) is 12.0. The molecule has 1 aromatic carbocycles. The van der Waals surface area contributed by atoms with Gasteiger partial charge in [-0.2, -0.15) is 10.3 Å². The van der Waals surface area contributed by atoms with Crippen molar-refractivity contribution in [3.63, 3.8) is 0 Å². The maximum atomic E-state index is 12.9. The monoisotopic (exact) mass is 339 g/mol. The second-order valence-electron chi connectivity index (χ2n) is 8.04. The van der Waals surface area contributed by atoms with Crippen LogP contribution in [0.3, 0.4) is 0 Å². The maximum Gasteiger partial charge on any atom is 0.242 e. The summed E-state index contributed by atoms with van der Waals surface area (Å²) in [6.07, 6.45) is 5.45. The number of hydrogen-bond acceptors (Lipinski definition) is 4. The Hall–Kier alpha value is -1.90. The number of nitriles is 1. The van der Waals surface area contributed by atoms with E-state index in [1.54, 1.807) is 0 Å². The molecule has 4 rings (SSSR count). The lowest BCUT2D eigenvalue weighted by molar-refractivity contribution is -0.180. The van der Waals surface area contributed by atoms with Crippen molar-refractivity contribution >= 4 is 5.91 Å². The SMILES string of the molecule is N#CC1(c2ccccc2)CCN(C(=O)C2CCC3(CC3)CN2O)CC1. The van der Waals surface area contributed by atoms with Crippen LogP contribution in [0, 0.1) is 16.7 Å². The Morgan fingerprint density at radius 2 is 1.80 bits per heavy atom. The van der Waals surface area contributed by atoms with Gasteiger partial charge in [0.25, 0.3) is 0 Å². The van der Waals surface area contributed by atoms with Crippen molar-refractivity contribution in [2.45, 2.75) is 50.0 Å². The van der Waals surface area contributed by atoms with Crippen LogP contribution in [0.15, 0.2) is 30.3 Å². The van der Waals surface area contributed by atoms with E-state index in [1.807, 2.05) is 35.2 Å². The third kappa shape index (κ3) is 2.94. The van der Waals surface area contributed by atoms with Crippen LogP contribution in [-0.2, 0) is 10.2 Å². The maximum absolute atomic E-state index is 12.9. The van der Waals surface area contributed by atoms with Crippen LogP contribution >= 0.6 is 0 Å². The number of benzene rings is 1. The normalized spacial score (nSPS) is 27.7. The minimum Gasteiger partial charge on any atom is -0.341 e. The van der Waals surface area contributed by atoms with Gasteiger partial charge in [0.05, 0.1) is 11.5 Å². The number of amides is 1. The van der Waals surface area contributed by atoms with Crippen molar-refractivity contribution in [2.24, 2.45) is 5.41 Å². The van der Waals surface area contributed by atoms with E-state index in [2.05, 4.69) is 6.07 Å². The Bertz CT molecular complexity index is 685. The molecule has 0 radical (unpaired) electrons. The van der Waals surface area contributed by atoms with Crippen molar-refractivity contribution in [2.75, 3.05) is 19.6 Å². The van der Waals surface area contributed by atoms with Crippen LogP contribution < -0.4 is 0 Å². The Morgan fingerprint density at radius 3 is 2.36 bits per heavy atom. The first-order valence-electron chi connectivity index (χ1n) is 9.29. The van der Waals surface area contributed by atoms with E-state index in [0.29, 0.717) is 32.5 Å². The van der Waals surface area contributed by atoms with Crippen molar-refractivity contribution in [1.29, 1.82) is 5.26 Å². The molecular formula is C20H25N3O2. The zero-order valence-electron chi connectivity index (χ0n) is 14.5. The van der Waals surface area contributed by atoms with Gasteiger partial charge >= 0.3 is 0 Å². The molecule has 2 aliphatic heterocycles. The second-order valence-corrected chi connectivity index (χ2v) is 8.04. The van der Waals surface area contributed by atoms with Crippen molar-refractivity contribution in [1.82, 2.24) is 9.96 Å². The van der Waals surface area contributed by atoms with Gasteiger partial charge in [-0.05, 0) is 49.5 Å². The lowest BCUT2D eigenvalue weighted by Crippen LogP contribution is -2.54. The summed E-state index contributed by atoms with van der Waals surface area (Å²) in [5, 5.41) is 21.4. The number of carbonyl (C=O) groups is 1. The van der Waals surface area contributed by atoms with Gasteiger partial charge in [0.15, 0.2) is 0 Å². The highest BCUT2D eigenvalue weighted by Crippen LogP contribution is 2.53. The average molecular weight is 339 g/mol. The molecule has 3 fully saturated rings. The van der Waals surface area contributed by atoms with E-state index in [-0.39, 0.29) is 11.3 Å². The zero-order chi connectivity index (χ0) is 17.5. The first-order valence-corrected chi connectivity index (χ1v) is 9.29. The van der Waals surface area contributed by atoms with Gasteiger partial charge in [-0.3, -0.25) is 4.79 Å². The number of likely N-dealkylation sites (tertiary alicyclic amines) is 1. The first-order chi connectivity index (χ1) is 12.1. The molecule has 132 valence electrons. The van der Waals surface area contributed by atoms with Gasteiger partial charge in [0, 0.05) is 19.6 Å². The lowest BCUT2D eigenvalue weighted by Gasteiger charge is -2.41. The minimum absolute atomic E-state index is 0.0256. The average Bonchev–Trinajstić information content (AvgIpc) is 3.40. The standard InChI is InChI=1S/C20H25N3O2/c21-14-20(16-4-2-1-3-5-16)10-12-22(13-11-20)18(24)17-6-7-19(8-9-19)15-23(17)25/h1-5,17,25H,6-13,15H2. The van der Waals surface area contributed by atoms with Crippen molar-refractivity contribution < 1.29 is 10.0 Å². The minimum atomic E-state index is -0.498. The van der Waals surface area contributed by atoms with Crippen LogP contribution in [0.4, 0.5) is 0 Å². The molecule has 2 saturated heterocycles. The quantitative estimate of drug-likeness (QED) is 0.899. The molecule has 3 aliphatic rings. The predicted molar refractivity (Wildman–Crippen MR) is 92.7 cm³/mol. The third-order valence-corrected chi connectivity index (χ3v) is 6.52. The first kappa shape index (κ1) is 16.6. The fourth-order valence-corrected chi connectivity index (χ4v) is 4.50. The highest BCUT2D eigenvalue weighted by atomic mass is 16.5. The van der Waals surface area contributed by atoms with Gasteiger partial charge in [0.1, 0.15) is 6.04 Å². The van der Waals surface area contributed by atoms with E-state index in [0.717, 1.165) is 18.4 Å². The number of carbonyl (C=O) groups excluding carboxylic acids is 1. The summed E-state index contributed by atoms with van der Waals surface area (Å²) < 4.78 is 0. The second kappa shape index (κ2) is 6.12. The van der Waals surface area contributed by atoms with Crippen LogP contribution in [0.2, 0.25) is 0 Å². The summed E-state index contributed by atoms with van der Waals surface area (Å²) in [4.78, 5) is 14.7. The molecule has 5 nitrogen and oxygen atoms in total. The molecule has 1 amide bonds. The topological polar surface area (TPSA) is 67.6 Å². The van der Waals surface area contributed by atoms with Crippen LogP contribution in [0.25, 0.3) is 0 Å². The number of rotatable bonds is 2. The molecule has 1 atom stereocenters. The molecule has 0 bridgehead atoms. The Morgan fingerprint density at radius 1 is 1.12 bits per heavy atom. The van der Waals surface area contributed by atoms with Gasteiger partial charge in [-0.1, -0.05) is 30.3 Å². The van der Waals surface area contributed by atoms with Crippen LogP contribution in [-0.4, -0.2) is 46.8 Å². The highest BCUT2D eigenvalue weighted by molar-refractivity contribution is 5.82. The molecule has 5 heteroatoms. The summed E-state index contributed by atoms with van der Waals surface area (Å²) >= 11 is 0. The fourth-order valence-electron chi connectivity index (χ4n) is 4.50. The Balaban J connectivity index is 1.41. The molecule has 1 aromatic rings. The smallest absolute Gasteiger partial charge is 0.242 e. The molecular weight excluding hydrogens is 314 g/mol. The number of nitrogens with zero attached hydrogens (tertiary/aromatic N) is 3. The molecule has 2 heterocycles. The van der Waals surface area contributed by atoms with E-state index in [4.69, 9.17) is 0 Å². The summed E-state index contributed by atoms with van der Waals surface area (Å²) in [5.74, 6) is 0.0256. The largest absolute Gasteiger partial charge is 0.341 e. The van der Waals surface area contributed by atoms with Crippen LogP contribution in [0.1, 0.15) is 44.1 Å². The zero-order valence-corrected chi connectivity index (χ0v) is 14.5.